The maximum absolute atomic E-state index is 13.0. The van der Waals surface area contributed by atoms with Gasteiger partial charge in [0.25, 0.3) is 0 Å². The number of methoxy groups -OCH3 is 1. The second kappa shape index (κ2) is 8.16. The number of rotatable bonds is 7. The Balaban J connectivity index is 2.24. The van der Waals surface area contributed by atoms with Crippen LogP contribution in [0.15, 0.2) is 23.1 Å². The molecule has 1 saturated heterocycles. The highest BCUT2D eigenvalue weighted by molar-refractivity contribution is 7.89. The van der Waals surface area contributed by atoms with Gasteiger partial charge in [0.2, 0.25) is 10.0 Å². The van der Waals surface area contributed by atoms with Crippen LogP contribution in [-0.4, -0.2) is 56.7 Å². The van der Waals surface area contributed by atoms with Crippen LogP contribution >= 0.6 is 0 Å². The van der Waals surface area contributed by atoms with Gasteiger partial charge in [0, 0.05) is 19.7 Å². The normalized spacial score (nSPS) is 21.9. The molecule has 0 amide bonds. The predicted molar refractivity (Wildman–Crippen MR) is 92.3 cm³/mol. The lowest BCUT2D eigenvalue weighted by atomic mass is 9.92. The molecule has 1 aromatic rings. The van der Waals surface area contributed by atoms with Crippen LogP contribution < -0.4 is 4.74 Å². The summed E-state index contributed by atoms with van der Waals surface area (Å²) < 4.78 is 37.7. The molecule has 0 saturated carbocycles. The summed E-state index contributed by atoms with van der Waals surface area (Å²) in [6.45, 7) is 4.60. The van der Waals surface area contributed by atoms with Gasteiger partial charge >= 0.3 is 5.97 Å². The number of aryl methyl sites for hydroxylation is 1. The van der Waals surface area contributed by atoms with Crippen molar-refractivity contribution in [3.63, 3.8) is 0 Å². The number of carbonyl (C=O) groups is 1. The summed E-state index contributed by atoms with van der Waals surface area (Å²) in [4.78, 5) is 11.5. The molecule has 0 unspecified atom stereocenters. The predicted octanol–water partition coefficient (Wildman–Crippen LogP) is 1.89. The summed E-state index contributed by atoms with van der Waals surface area (Å²) in [5.74, 6) is -1.03. The first-order chi connectivity index (χ1) is 11.8. The molecule has 7 nitrogen and oxygen atoms in total. The van der Waals surface area contributed by atoms with Gasteiger partial charge in [-0.1, -0.05) is 0 Å². The van der Waals surface area contributed by atoms with E-state index in [-0.39, 0.29) is 4.90 Å². The number of aliphatic carboxylic acids is 1. The van der Waals surface area contributed by atoms with Crippen LogP contribution in [0.4, 0.5) is 0 Å². The summed E-state index contributed by atoms with van der Waals surface area (Å²) >= 11 is 0. The Hall–Kier alpha value is -1.64. The van der Waals surface area contributed by atoms with Crippen molar-refractivity contribution in [2.45, 2.75) is 37.6 Å². The number of benzene rings is 1. The molecule has 0 aliphatic carbocycles. The van der Waals surface area contributed by atoms with Gasteiger partial charge in [-0.05, 0) is 50.5 Å². The third-order valence-electron chi connectivity index (χ3n) is 4.55. The Morgan fingerprint density at radius 3 is 2.68 bits per heavy atom. The average molecular weight is 371 g/mol. The number of piperidine rings is 1. The van der Waals surface area contributed by atoms with Gasteiger partial charge in [-0.25, -0.2) is 8.42 Å². The molecule has 2 rings (SSSR count). The smallest absolute Gasteiger partial charge is 0.308 e. The average Bonchev–Trinajstić information content (AvgIpc) is 2.56. The number of carboxylic acids is 1. The fourth-order valence-electron chi connectivity index (χ4n) is 3.10. The van der Waals surface area contributed by atoms with Crippen LogP contribution in [0, 0.1) is 12.8 Å². The Morgan fingerprint density at radius 1 is 1.36 bits per heavy atom. The summed E-state index contributed by atoms with van der Waals surface area (Å²) in [5, 5.41) is 9.30. The molecule has 1 heterocycles. The van der Waals surface area contributed by atoms with E-state index >= 15 is 0 Å². The van der Waals surface area contributed by atoms with Crippen molar-refractivity contribution >= 4 is 16.0 Å². The molecular formula is C17H25NO6S. The van der Waals surface area contributed by atoms with E-state index in [1.807, 2.05) is 0 Å². The maximum Gasteiger partial charge on any atom is 0.308 e. The molecule has 8 heteroatoms. The molecule has 0 aromatic heterocycles. The van der Waals surface area contributed by atoms with Crippen molar-refractivity contribution in [3.05, 3.63) is 23.8 Å². The minimum Gasteiger partial charge on any atom is -0.491 e. The monoisotopic (exact) mass is 371 g/mol. The molecule has 1 aliphatic heterocycles. The highest BCUT2D eigenvalue weighted by Crippen LogP contribution is 2.31. The Kier molecular flexibility index (Phi) is 6.42. The third-order valence-corrected chi connectivity index (χ3v) is 6.53. The molecule has 0 radical (unpaired) electrons. The highest BCUT2D eigenvalue weighted by atomic mass is 32.2. The fraction of sp³-hybridized carbons (Fsp3) is 0.588. The lowest BCUT2D eigenvalue weighted by Gasteiger charge is -2.36. The number of ether oxygens (including phenoxy) is 2. The van der Waals surface area contributed by atoms with Gasteiger partial charge in [0.15, 0.2) is 0 Å². The van der Waals surface area contributed by atoms with Crippen LogP contribution in [0.2, 0.25) is 0 Å². The Morgan fingerprint density at radius 2 is 2.08 bits per heavy atom. The van der Waals surface area contributed by atoms with E-state index in [0.29, 0.717) is 43.9 Å². The summed E-state index contributed by atoms with van der Waals surface area (Å²) in [5.41, 5.74) is 0.705. The first-order valence-corrected chi connectivity index (χ1v) is 9.70. The molecule has 2 atom stereocenters. The van der Waals surface area contributed by atoms with Crippen molar-refractivity contribution in [2.75, 3.05) is 26.9 Å². The van der Waals surface area contributed by atoms with E-state index in [9.17, 15) is 18.3 Å². The van der Waals surface area contributed by atoms with Crippen molar-refractivity contribution in [1.29, 1.82) is 0 Å². The largest absolute Gasteiger partial charge is 0.491 e. The Labute approximate surface area is 148 Å². The van der Waals surface area contributed by atoms with Crippen molar-refractivity contribution < 1.29 is 27.8 Å². The van der Waals surface area contributed by atoms with Crippen LogP contribution in [0.25, 0.3) is 0 Å². The van der Waals surface area contributed by atoms with Crippen LogP contribution in [0.5, 0.6) is 5.75 Å². The standard InChI is InChI=1S/C17H25NO6S/c1-12-11-14(6-7-16(12)24-10-9-23-3)25(21,22)18-8-4-5-15(13(18)2)17(19)20/h6-7,11,13,15H,4-5,8-10H2,1-3H3,(H,19,20)/t13-,15-/m0/s1. The van der Waals surface area contributed by atoms with Gasteiger partial charge in [-0.3, -0.25) is 4.79 Å². The highest BCUT2D eigenvalue weighted by Gasteiger charge is 2.39. The minimum absolute atomic E-state index is 0.155. The van der Waals surface area contributed by atoms with Crippen LogP contribution in [0.3, 0.4) is 0 Å². The van der Waals surface area contributed by atoms with Gasteiger partial charge in [-0.15, -0.1) is 0 Å². The summed E-state index contributed by atoms with van der Waals surface area (Å²) in [6, 6.07) is 4.12. The van der Waals surface area contributed by atoms with Crippen molar-refractivity contribution in [1.82, 2.24) is 4.31 Å². The third kappa shape index (κ3) is 4.31. The van der Waals surface area contributed by atoms with Gasteiger partial charge in [-0.2, -0.15) is 4.31 Å². The van der Waals surface area contributed by atoms with Crippen molar-refractivity contribution in [2.24, 2.45) is 5.92 Å². The molecule has 1 aromatic carbocycles. The number of sulfonamides is 1. The number of carboxylic acid groups (broad SMARTS) is 1. The summed E-state index contributed by atoms with van der Waals surface area (Å²) in [7, 11) is -2.17. The van der Waals surface area contributed by atoms with Crippen molar-refractivity contribution in [3.8, 4) is 5.75 Å². The Bertz CT molecular complexity index is 718. The molecule has 0 spiro atoms. The molecule has 1 fully saturated rings. The number of hydrogen-bond acceptors (Lipinski definition) is 5. The lowest BCUT2D eigenvalue weighted by Crippen LogP contribution is -2.48. The first-order valence-electron chi connectivity index (χ1n) is 8.26. The van der Waals surface area contributed by atoms with E-state index in [1.165, 1.54) is 10.4 Å². The van der Waals surface area contributed by atoms with Crippen LogP contribution in [-0.2, 0) is 19.6 Å². The van der Waals surface area contributed by atoms with E-state index in [1.54, 1.807) is 33.1 Å². The van der Waals surface area contributed by atoms with Crippen LogP contribution in [0.1, 0.15) is 25.3 Å². The lowest BCUT2D eigenvalue weighted by molar-refractivity contribution is -0.144. The zero-order chi connectivity index (χ0) is 18.6. The molecule has 0 bridgehead atoms. The van der Waals surface area contributed by atoms with E-state index in [2.05, 4.69) is 0 Å². The number of hydrogen-bond donors (Lipinski definition) is 1. The minimum atomic E-state index is -3.75. The molecule has 1 N–H and O–H groups in total. The zero-order valence-corrected chi connectivity index (χ0v) is 15.6. The quantitative estimate of drug-likeness (QED) is 0.736. The number of nitrogens with zero attached hydrogens (tertiary/aromatic N) is 1. The van der Waals surface area contributed by atoms with E-state index in [4.69, 9.17) is 9.47 Å². The van der Waals surface area contributed by atoms with Gasteiger partial charge < -0.3 is 14.6 Å². The fourth-order valence-corrected chi connectivity index (χ4v) is 4.89. The molecule has 1 aliphatic rings. The maximum atomic E-state index is 13.0. The SMILES string of the molecule is COCCOc1ccc(S(=O)(=O)N2CCC[C@H](C(=O)O)[C@@H]2C)cc1C. The molecule has 25 heavy (non-hydrogen) atoms. The van der Waals surface area contributed by atoms with Gasteiger partial charge in [0.1, 0.15) is 12.4 Å². The molecule has 140 valence electrons. The van der Waals surface area contributed by atoms with E-state index in [0.717, 1.165) is 0 Å². The topological polar surface area (TPSA) is 93.1 Å². The second-order valence-electron chi connectivity index (χ2n) is 6.21. The molecular weight excluding hydrogens is 346 g/mol. The summed E-state index contributed by atoms with van der Waals surface area (Å²) in [6.07, 6.45) is 1.03. The van der Waals surface area contributed by atoms with Gasteiger partial charge in [0.05, 0.1) is 17.4 Å². The zero-order valence-electron chi connectivity index (χ0n) is 14.8. The first kappa shape index (κ1) is 19.7. The van der Waals surface area contributed by atoms with E-state index < -0.39 is 28.0 Å². The second-order valence-corrected chi connectivity index (χ2v) is 8.10.